The number of nitrogens with one attached hydrogen (secondary N) is 1. The number of pyridine rings is 2. The molecule has 1 aliphatic carbocycles. The van der Waals surface area contributed by atoms with Crippen LogP contribution in [-0.4, -0.2) is 51.2 Å². The molecule has 4 rings (SSSR count). The number of hydrogen-bond acceptors (Lipinski definition) is 4. The molecule has 1 N–H and O–H groups in total. The number of rotatable bonds is 8. The van der Waals surface area contributed by atoms with Crippen molar-refractivity contribution in [2.24, 2.45) is 0 Å². The van der Waals surface area contributed by atoms with E-state index in [9.17, 15) is 14.4 Å². The number of ketones is 1. The molecule has 7 nitrogen and oxygen atoms in total. The molecular weight excluding hydrogens is 392 g/mol. The minimum atomic E-state index is -0.353. The number of Topliss-reactive ketones (excluding diaryl/α,β-unsaturated/α-hetero) is 1. The number of amides is 2. The third-order valence-corrected chi connectivity index (χ3v) is 6.27. The SMILES string of the molecule is CC(=O)C[C@@H](c1ccc(=O)[nH]c1)N1CCN(CCCc2ccc3c(n2)CCCC3)C1=O. The van der Waals surface area contributed by atoms with E-state index >= 15 is 0 Å². The summed E-state index contributed by atoms with van der Waals surface area (Å²) in [6.07, 6.45) is 8.25. The Balaban J connectivity index is 1.36. The quantitative estimate of drug-likeness (QED) is 0.708. The van der Waals surface area contributed by atoms with E-state index in [1.165, 1.54) is 37.1 Å². The highest BCUT2D eigenvalue weighted by Crippen LogP contribution is 2.28. The van der Waals surface area contributed by atoms with E-state index in [2.05, 4.69) is 17.1 Å². The summed E-state index contributed by atoms with van der Waals surface area (Å²) in [4.78, 5) is 47.4. The summed E-state index contributed by atoms with van der Waals surface area (Å²) in [5.41, 5.74) is 4.32. The number of aromatic amines is 1. The fourth-order valence-corrected chi connectivity index (χ4v) is 4.63. The summed E-state index contributed by atoms with van der Waals surface area (Å²) < 4.78 is 0. The molecule has 3 heterocycles. The van der Waals surface area contributed by atoms with E-state index in [4.69, 9.17) is 4.98 Å². The lowest BCUT2D eigenvalue weighted by atomic mass is 9.95. The molecule has 31 heavy (non-hydrogen) atoms. The summed E-state index contributed by atoms with van der Waals surface area (Å²) in [7, 11) is 0. The summed E-state index contributed by atoms with van der Waals surface area (Å²) in [5, 5.41) is 0. The number of H-pyrrole nitrogens is 1. The van der Waals surface area contributed by atoms with E-state index in [-0.39, 0.29) is 29.8 Å². The van der Waals surface area contributed by atoms with Gasteiger partial charge in [-0.1, -0.05) is 12.1 Å². The third-order valence-electron chi connectivity index (χ3n) is 6.27. The molecule has 0 spiro atoms. The number of hydrogen-bond donors (Lipinski definition) is 1. The zero-order valence-corrected chi connectivity index (χ0v) is 18.1. The van der Waals surface area contributed by atoms with E-state index in [0.29, 0.717) is 19.6 Å². The number of aryl methyl sites for hydroxylation is 3. The number of fused-ring (bicyclic) bond motifs is 1. The summed E-state index contributed by atoms with van der Waals surface area (Å²) in [5.74, 6) is 0.0148. The van der Waals surface area contributed by atoms with Crippen molar-refractivity contribution >= 4 is 11.8 Å². The van der Waals surface area contributed by atoms with Crippen molar-refractivity contribution in [1.82, 2.24) is 19.8 Å². The lowest BCUT2D eigenvalue weighted by Crippen LogP contribution is -2.36. The Kier molecular flexibility index (Phi) is 6.49. The van der Waals surface area contributed by atoms with Crippen molar-refractivity contribution in [3.8, 4) is 0 Å². The van der Waals surface area contributed by atoms with Crippen molar-refractivity contribution in [3.05, 3.63) is 63.3 Å². The summed E-state index contributed by atoms with van der Waals surface area (Å²) in [6, 6.07) is 7.08. The highest BCUT2D eigenvalue weighted by Gasteiger charge is 2.34. The number of carbonyl (C=O) groups excluding carboxylic acids is 2. The largest absolute Gasteiger partial charge is 0.329 e. The predicted octanol–water partition coefficient (Wildman–Crippen LogP) is 3.04. The van der Waals surface area contributed by atoms with Crippen LogP contribution in [0.4, 0.5) is 4.79 Å². The minimum Gasteiger partial charge on any atom is -0.329 e. The third kappa shape index (κ3) is 5.03. The van der Waals surface area contributed by atoms with E-state index in [0.717, 1.165) is 36.9 Å². The second kappa shape index (κ2) is 9.45. The molecule has 2 amide bonds. The molecule has 164 valence electrons. The normalized spacial score (nSPS) is 17.0. The van der Waals surface area contributed by atoms with Gasteiger partial charge in [-0.15, -0.1) is 0 Å². The second-order valence-corrected chi connectivity index (χ2v) is 8.59. The van der Waals surface area contributed by atoms with Crippen LogP contribution in [0.3, 0.4) is 0 Å². The van der Waals surface area contributed by atoms with Gasteiger partial charge in [0.05, 0.1) is 6.04 Å². The molecule has 2 aromatic rings. The molecule has 0 bridgehead atoms. The zero-order valence-electron chi connectivity index (χ0n) is 18.1. The van der Waals surface area contributed by atoms with Gasteiger partial charge in [-0.2, -0.15) is 0 Å². The maximum absolute atomic E-state index is 13.1. The predicted molar refractivity (Wildman–Crippen MR) is 118 cm³/mol. The topological polar surface area (TPSA) is 86.4 Å². The van der Waals surface area contributed by atoms with Gasteiger partial charge < -0.3 is 14.8 Å². The second-order valence-electron chi connectivity index (χ2n) is 8.59. The zero-order chi connectivity index (χ0) is 21.8. The molecule has 0 aromatic carbocycles. The monoisotopic (exact) mass is 422 g/mol. The first kappa shape index (κ1) is 21.3. The summed E-state index contributed by atoms with van der Waals surface area (Å²) in [6.45, 7) is 3.43. The maximum atomic E-state index is 13.1. The van der Waals surface area contributed by atoms with Crippen LogP contribution in [0, 0.1) is 0 Å². The highest BCUT2D eigenvalue weighted by molar-refractivity contribution is 5.80. The first-order chi connectivity index (χ1) is 15.0. The Bertz CT molecular complexity index is 996. The summed E-state index contributed by atoms with van der Waals surface area (Å²) >= 11 is 0. The fraction of sp³-hybridized carbons (Fsp3) is 0.500. The molecule has 2 aliphatic rings. The molecule has 0 saturated carbocycles. The molecule has 1 aliphatic heterocycles. The Morgan fingerprint density at radius 1 is 1.13 bits per heavy atom. The van der Waals surface area contributed by atoms with E-state index < -0.39 is 0 Å². The van der Waals surface area contributed by atoms with Crippen LogP contribution in [-0.2, 0) is 24.1 Å². The average Bonchev–Trinajstić information content (AvgIpc) is 3.13. The minimum absolute atomic E-state index is 0.0148. The number of urea groups is 1. The first-order valence-corrected chi connectivity index (χ1v) is 11.2. The molecule has 2 aromatic heterocycles. The average molecular weight is 423 g/mol. The Morgan fingerprint density at radius 3 is 2.74 bits per heavy atom. The molecule has 1 atom stereocenters. The van der Waals surface area contributed by atoms with E-state index in [1.807, 2.05) is 4.90 Å². The van der Waals surface area contributed by atoms with Crippen LogP contribution in [0.2, 0.25) is 0 Å². The van der Waals surface area contributed by atoms with Crippen molar-refractivity contribution < 1.29 is 9.59 Å². The lowest BCUT2D eigenvalue weighted by molar-refractivity contribution is -0.118. The van der Waals surface area contributed by atoms with Crippen molar-refractivity contribution in [2.45, 2.75) is 57.9 Å². The molecule has 0 radical (unpaired) electrons. The van der Waals surface area contributed by atoms with Crippen molar-refractivity contribution in [2.75, 3.05) is 19.6 Å². The van der Waals surface area contributed by atoms with Gasteiger partial charge in [0.1, 0.15) is 5.78 Å². The molecule has 1 saturated heterocycles. The van der Waals surface area contributed by atoms with Crippen LogP contribution in [0.15, 0.2) is 35.3 Å². The first-order valence-electron chi connectivity index (χ1n) is 11.2. The Hall–Kier alpha value is -2.96. The van der Waals surface area contributed by atoms with Crippen LogP contribution in [0.25, 0.3) is 0 Å². The lowest BCUT2D eigenvalue weighted by Gasteiger charge is -2.27. The van der Waals surface area contributed by atoms with Gasteiger partial charge in [0.2, 0.25) is 5.56 Å². The fourth-order valence-electron chi connectivity index (χ4n) is 4.63. The van der Waals surface area contributed by atoms with Crippen molar-refractivity contribution in [1.29, 1.82) is 0 Å². The van der Waals surface area contributed by atoms with Gasteiger partial charge >= 0.3 is 6.03 Å². The van der Waals surface area contributed by atoms with Gasteiger partial charge in [0.25, 0.3) is 0 Å². The van der Waals surface area contributed by atoms with Crippen LogP contribution < -0.4 is 5.56 Å². The van der Waals surface area contributed by atoms with Crippen LogP contribution >= 0.6 is 0 Å². The molecule has 1 fully saturated rings. The van der Waals surface area contributed by atoms with Gasteiger partial charge in [-0.3, -0.25) is 14.6 Å². The Labute approximate surface area is 182 Å². The Morgan fingerprint density at radius 2 is 1.97 bits per heavy atom. The van der Waals surface area contributed by atoms with Crippen molar-refractivity contribution in [3.63, 3.8) is 0 Å². The maximum Gasteiger partial charge on any atom is 0.320 e. The van der Waals surface area contributed by atoms with Gasteiger partial charge in [0.15, 0.2) is 0 Å². The number of aromatic nitrogens is 2. The molecule has 7 heteroatoms. The van der Waals surface area contributed by atoms with E-state index in [1.54, 1.807) is 17.2 Å². The smallest absolute Gasteiger partial charge is 0.320 e. The molecular formula is C24H30N4O3. The molecule has 0 unspecified atom stereocenters. The van der Waals surface area contributed by atoms with Gasteiger partial charge in [0, 0.05) is 49.7 Å². The number of carbonyl (C=O) groups is 2. The van der Waals surface area contributed by atoms with Crippen LogP contribution in [0.5, 0.6) is 0 Å². The van der Waals surface area contributed by atoms with Gasteiger partial charge in [-0.05, 0) is 62.6 Å². The van der Waals surface area contributed by atoms with Gasteiger partial charge in [-0.25, -0.2) is 4.79 Å². The number of nitrogens with zero attached hydrogens (tertiary/aromatic N) is 3. The standard InChI is InChI=1S/C24H30N4O3/c1-17(29)15-22(19-9-11-23(30)25-16-19)28-14-13-27(24(28)31)12-4-6-20-10-8-18-5-2-3-7-21(18)26-20/h8-11,16,22H,2-7,12-15H2,1H3,(H,25,30)/t22-/m0/s1. The highest BCUT2D eigenvalue weighted by atomic mass is 16.2. The van der Waals surface area contributed by atoms with Crippen LogP contribution in [0.1, 0.15) is 61.2 Å².